The van der Waals surface area contributed by atoms with Crippen LogP contribution in [0.1, 0.15) is 50.4 Å². The van der Waals surface area contributed by atoms with Gasteiger partial charge in [-0.05, 0) is 31.4 Å². The van der Waals surface area contributed by atoms with Gasteiger partial charge < -0.3 is 11.1 Å². The van der Waals surface area contributed by atoms with Gasteiger partial charge in [0.15, 0.2) is 0 Å². The number of halogens is 2. The third kappa shape index (κ3) is 5.22. The Morgan fingerprint density at radius 1 is 1.25 bits per heavy atom. The Labute approximate surface area is 130 Å². The molecular weight excluding hydrogens is 295 g/mol. The van der Waals surface area contributed by atoms with Crippen LogP contribution < -0.4 is 11.1 Å². The zero-order chi connectivity index (χ0) is 15.3. The van der Waals surface area contributed by atoms with Crippen LogP contribution in [0.15, 0.2) is 12.1 Å². The van der Waals surface area contributed by atoms with E-state index in [4.69, 9.17) is 28.9 Å². The Morgan fingerprint density at radius 2 is 1.90 bits per heavy atom. The van der Waals surface area contributed by atoms with E-state index in [0.717, 1.165) is 12.8 Å². The summed E-state index contributed by atoms with van der Waals surface area (Å²) in [6.45, 7) is 6.39. The number of hydrogen-bond acceptors (Lipinski definition) is 2. The zero-order valence-corrected chi connectivity index (χ0v) is 13.7. The average molecular weight is 317 g/mol. The predicted molar refractivity (Wildman–Crippen MR) is 86.5 cm³/mol. The summed E-state index contributed by atoms with van der Waals surface area (Å²) in [4.78, 5) is 12.1. The van der Waals surface area contributed by atoms with E-state index < -0.39 is 0 Å². The second-order valence-electron chi connectivity index (χ2n) is 5.56. The summed E-state index contributed by atoms with van der Waals surface area (Å²) in [7, 11) is 0. The lowest BCUT2D eigenvalue weighted by Gasteiger charge is -2.15. The topological polar surface area (TPSA) is 55.1 Å². The molecule has 1 unspecified atom stereocenters. The fourth-order valence-corrected chi connectivity index (χ4v) is 2.29. The third-order valence-corrected chi connectivity index (χ3v) is 3.93. The van der Waals surface area contributed by atoms with Crippen LogP contribution >= 0.6 is 23.2 Å². The van der Waals surface area contributed by atoms with E-state index in [0.29, 0.717) is 22.2 Å². The summed E-state index contributed by atoms with van der Waals surface area (Å²) < 4.78 is 0. The summed E-state index contributed by atoms with van der Waals surface area (Å²) in [5.74, 6) is 0.514. The first-order valence-corrected chi connectivity index (χ1v) is 7.62. The lowest BCUT2D eigenvalue weighted by molar-refractivity contribution is 0.0938. The van der Waals surface area contributed by atoms with Crippen molar-refractivity contribution >= 4 is 34.8 Å². The summed E-state index contributed by atoms with van der Waals surface area (Å²) in [6.07, 6.45) is 3.23. The molecule has 1 amide bonds. The smallest absolute Gasteiger partial charge is 0.251 e. The van der Waals surface area contributed by atoms with Gasteiger partial charge in [-0.15, -0.1) is 0 Å². The SMILES string of the molecule is CC(C)CCCC(C)NC(=O)c1cc(N)c(Cl)c(Cl)c1. The second kappa shape index (κ2) is 7.75. The fraction of sp³-hybridized carbons (Fsp3) is 0.533. The van der Waals surface area contributed by atoms with E-state index in [1.165, 1.54) is 12.5 Å². The normalized spacial score (nSPS) is 12.5. The van der Waals surface area contributed by atoms with Crippen LogP contribution in [0.2, 0.25) is 10.0 Å². The Hall–Kier alpha value is -0.930. The van der Waals surface area contributed by atoms with Crippen molar-refractivity contribution in [1.29, 1.82) is 0 Å². The number of rotatable bonds is 6. The molecule has 0 heterocycles. The molecule has 0 aliphatic carbocycles. The van der Waals surface area contributed by atoms with Crippen molar-refractivity contribution < 1.29 is 4.79 Å². The molecule has 3 N–H and O–H groups in total. The van der Waals surface area contributed by atoms with Crippen molar-refractivity contribution in [2.75, 3.05) is 5.73 Å². The number of amides is 1. The molecule has 0 spiro atoms. The first kappa shape index (κ1) is 17.1. The molecule has 0 radical (unpaired) electrons. The maximum atomic E-state index is 12.1. The van der Waals surface area contributed by atoms with Crippen LogP contribution in [0.4, 0.5) is 5.69 Å². The highest BCUT2D eigenvalue weighted by molar-refractivity contribution is 6.43. The molecule has 0 aliphatic rings. The summed E-state index contributed by atoms with van der Waals surface area (Å²) >= 11 is 11.8. The molecule has 0 aliphatic heterocycles. The largest absolute Gasteiger partial charge is 0.397 e. The molecule has 0 saturated carbocycles. The maximum Gasteiger partial charge on any atom is 0.251 e. The highest BCUT2D eigenvalue weighted by atomic mass is 35.5. The number of benzene rings is 1. The number of anilines is 1. The number of carbonyl (C=O) groups is 1. The van der Waals surface area contributed by atoms with Gasteiger partial charge >= 0.3 is 0 Å². The van der Waals surface area contributed by atoms with Gasteiger partial charge in [0, 0.05) is 11.6 Å². The minimum absolute atomic E-state index is 0.122. The molecule has 1 rings (SSSR count). The number of nitrogens with two attached hydrogens (primary N) is 1. The summed E-state index contributed by atoms with van der Waals surface area (Å²) in [5.41, 5.74) is 6.46. The number of carbonyl (C=O) groups excluding carboxylic acids is 1. The van der Waals surface area contributed by atoms with E-state index in [9.17, 15) is 4.79 Å². The zero-order valence-electron chi connectivity index (χ0n) is 12.2. The van der Waals surface area contributed by atoms with E-state index in [1.807, 2.05) is 6.92 Å². The van der Waals surface area contributed by atoms with Crippen LogP contribution in [-0.2, 0) is 0 Å². The van der Waals surface area contributed by atoms with E-state index in [2.05, 4.69) is 19.2 Å². The Bertz CT molecular complexity index is 452. The number of nitrogen functional groups attached to an aromatic ring is 1. The Morgan fingerprint density at radius 3 is 2.45 bits per heavy atom. The molecular formula is C15H22Cl2N2O. The fourth-order valence-electron chi connectivity index (χ4n) is 1.95. The highest BCUT2D eigenvalue weighted by Crippen LogP contribution is 2.29. The molecule has 0 fully saturated rings. The Kier molecular flexibility index (Phi) is 6.63. The van der Waals surface area contributed by atoms with Gasteiger partial charge in [-0.1, -0.05) is 49.9 Å². The highest BCUT2D eigenvalue weighted by Gasteiger charge is 2.13. The minimum Gasteiger partial charge on any atom is -0.397 e. The molecule has 1 atom stereocenters. The van der Waals surface area contributed by atoms with Crippen LogP contribution in [0.25, 0.3) is 0 Å². The van der Waals surface area contributed by atoms with Crippen LogP contribution in [0.3, 0.4) is 0 Å². The van der Waals surface area contributed by atoms with Crippen molar-refractivity contribution in [2.45, 2.75) is 46.1 Å². The van der Waals surface area contributed by atoms with Gasteiger partial charge in [0.2, 0.25) is 0 Å². The van der Waals surface area contributed by atoms with Crippen LogP contribution in [0.5, 0.6) is 0 Å². The first-order chi connectivity index (χ1) is 9.31. The molecule has 5 heteroatoms. The lowest BCUT2D eigenvalue weighted by Crippen LogP contribution is -2.32. The molecule has 112 valence electrons. The van der Waals surface area contributed by atoms with Gasteiger partial charge in [-0.2, -0.15) is 0 Å². The standard InChI is InChI=1S/C15H22Cl2N2O/c1-9(2)5-4-6-10(3)19-15(20)11-7-12(16)14(17)13(18)8-11/h7-10H,4-6,18H2,1-3H3,(H,19,20). The Balaban J connectivity index is 2.58. The van der Waals surface area contributed by atoms with Gasteiger partial charge in [0.1, 0.15) is 0 Å². The average Bonchev–Trinajstić information content (AvgIpc) is 2.34. The van der Waals surface area contributed by atoms with Gasteiger partial charge in [0.05, 0.1) is 15.7 Å². The molecule has 0 saturated heterocycles. The molecule has 3 nitrogen and oxygen atoms in total. The lowest BCUT2D eigenvalue weighted by atomic mass is 10.0. The van der Waals surface area contributed by atoms with Crippen LogP contribution in [0, 0.1) is 5.92 Å². The minimum atomic E-state index is -0.174. The number of hydrogen-bond donors (Lipinski definition) is 2. The first-order valence-electron chi connectivity index (χ1n) is 6.86. The van der Waals surface area contributed by atoms with Crippen molar-refractivity contribution in [2.24, 2.45) is 5.92 Å². The summed E-state index contributed by atoms with van der Waals surface area (Å²) in [5, 5.41) is 3.53. The molecule has 0 bridgehead atoms. The monoisotopic (exact) mass is 316 g/mol. The third-order valence-electron chi connectivity index (χ3n) is 3.11. The van der Waals surface area contributed by atoms with Crippen LogP contribution in [-0.4, -0.2) is 11.9 Å². The molecule has 20 heavy (non-hydrogen) atoms. The van der Waals surface area contributed by atoms with Gasteiger partial charge in [0.25, 0.3) is 5.91 Å². The quantitative estimate of drug-likeness (QED) is 0.758. The second-order valence-corrected chi connectivity index (χ2v) is 6.35. The van der Waals surface area contributed by atoms with E-state index in [-0.39, 0.29) is 17.0 Å². The van der Waals surface area contributed by atoms with Crippen molar-refractivity contribution in [3.8, 4) is 0 Å². The van der Waals surface area contributed by atoms with Crippen molar-refractivity contribution in [1.82, 2.24) is 5.32 Å². The number of nitrogens with one attached hydrogen (secondary N) is 1. The van der Waals surface area contributed by atoms with E-state index in [1.54, 1.807) is 6.07 Å². The molecule has 0 aromatic heterocycles. The van der Waals surface area contributed by atoms with Gasteiger partial charge in [-0.3, -0.25) is 4.79 Å². The molecule has 1 aromatic carbocycles. The predicted octanol–water partition coefficient (Wildman–Crippen LogP) is 4.52. The molecule has 1 aromatic rings. The van der Waals surface area contributed by atoms with Crippen molar-refractivity contribution in [3.05, 3.63) is 27.7 Å². The van der Waals surface area contributed by atoms with E-state index >= 15 is 0 Å². The summed E-state index contributed by atoms with van der Waals surface area (Å²) in [6, 6.07) is 3.21. The maximum absolute atomic E-state index is 12.1. The van der Waals surface area contributed by atoms with Crippen molar-refractivity contribution in [3.63, 3.8) is 0 Å². The van der Waals surface area contributed by atoms with Gasteiger partial charge in [-0.25, -0.2) is 0 Å².